The van der Waals surface area contributed by atoms with Gasteiger partial charge < -0.3 is 14.9 Å². The minimum absolute atomic E-state index is 0.000346. The summed E-state index contributed by atoms with van der Waals surface area (Å²) in [7, 11) is 0. The zero-order valence-electron chi connectivity index (χ0n) is 11.3. The Kier molecular flexibility index (Phi) is 4.08. The van der Waals surface area contributed by atoms with Gasteiger partial charge in [0.2, 0.25) is 5.89 Å². The summed E-state index contributed by atoms with van der Waals surface area (Å²) in [6.07, 6.45) is 3.17. The van der Waals surface area contributed by atoms with Gasteiger partial charge >= 0.3 is 0 Å². The van der Waals surface area contributed by atoms with Gasteiger partial charge in [-0.1, -0.05) is 35.5 Å². The Labute approximate surface area is 118 Å². The normalized spacial score (nSPS) is 22.2. The molecule has 0 spiro atoms. The predicted octanol–water partition coefficient (Wildman–Crippen LogP) is 1.64. The average Bonchev–Trinajstić information content (AvgIpc) is 3.09. The summed E-state index contributed by atoms with van der Waals surface area (Å²) in [4.78, 5) is 4.41. The van der Waals surface area contributed by atoms with Gasteiger partial charge in [-0.05, 0) is 24.8 Å². The van der Waals surface area contributed by atoms with Gasteiger partial charge in [0.1, 0.15) is 0 Å². The number of hydrogen-bond donors (Lipinski definition) is 2. The van der Waals surface area contributed by atoms with Crippen LogP contribution in [0.15, 0.2) is 34.9 Å². The number of aliphatic hydroxyl groups excluding tert-OH is 1. The van der Waals surface area contributed by atoms with E-state index in [1.54, 1.807) is 0 Å². The van der Waals surface area contributed by atoms with Gasteiger partial charge in [0.05, 0.1) is 12.1 Å². The van der Waals surface area contributed by atoms with Crippen LogP contribution >= 0.6 is 0 Å². The molecule has 106 valence electrons. The van der Waals surface area contributed by atoms with Crippen molar-refractivity contribution in [2.75, 3.05) is 6.54 Å². The number of aromatic nitrogens is 2. The monoisotopic (exact) mass is 273 g/mol. The molecule has 1 fully saturated rings. The summed E-state index contributed by atoms with van der Waals surface area (Å²) in [5.74, 6) is 1.34. The second kappa shape index (κ2) is 6.15. The SMILES string of the molecule is O[C@H]1CN[C@H](c2nc(CCCc3ccccc3)no2)C1. The molecule has 2 atom stereocenters. The van der Waals surface area contributed by atoms with Crippen LogP contribution in [0.2, 0.25) is 0 Å². The molecule has 0 saturated carbocycles. The summed E-state index contributed by atoms with van der Waals surface area (Å²) in [6, 6.07) is 10.4. The molecule has 0 bridgehead atoms. The minimum atomic E-state index is -0.312. The van der Waals surface area contributed by atoms with Gasteiger partial charge in [0.25, 0.3) is 0 Å². The first-order valence-corrected chi connectivity index (χ1v) is 7.09. The number of hydrogen-bond acceptors (Lipinski definition) is 5. The van der Waals surface area contributed by atoms with Crippen LogP contribution in [0.5, 0.6) is 0 Å². The van der Waals surface area contributed by atoms with Crippen molar-refractivity contribution >= 4 is 0 Å². The maximum absolute atomic E-state index is 9.48. The van der Waals surface area contributed by atoms with E-state index < -0.39 is 0 Å². The molecule has 1 aromatic carbocycles. The van der Waals surface area contributed by atoms with Crippen LogP contribution in [0.3, 0.4) is 0 Å². The molecule has 2 aromatic rings. The Morgan fingerprint density at radius 2 is 2.10 bits per heavy atom. The number of nitrogens with zero attached hydrogens (tertiary/aromatic N) is 2. The molecule has 1 saturated heterocycles. The molecule has 0 amide bonds. The summed E-state index contributed by atoms with van der Waals surface area (Å²) < 4.78 is 5.26. The number of β-amino-alcohol motifs (C(OH)–C–C–N with tert-alkyl or cyclic N) is 1. The Bertz CT molecular complexity index is 541. The van der Waals surface area contributed by atoms with Crippen molar-refractivity contribution in [1.82, 2.24) is 15.5 Å². The largest absolute Gasteiger partial charge is 0.392 e. The molecule has 0 radical (unpaired) electrons. The molecular weight excluding hydrogens is 254 g/mol. The third-order valence-electron chi connectivity index (χ3n) is 3.60. The molecule has 2 heterocycles. The fourth-order valence-corrected chi connectivity index (χ4v) is 2.51. The first-order chi connectivity index (χ1) is 9.81. The highest BCUT2D eigenvalue weighted by atomic mass is 16.5. The molecule has 2 N–H and O–H groups in total. The van der Waals surface area contributed by atoms with Crippen molar-refractivity contribution in [3.05, 3.63) is 47.6 Å². The summed E-state index contributed by atoms with van der Waals surface area (Å²) in [5, 5.41) is 16.7. The zero-order chi connectivity index (χ0) is 13.8. The highest BCUT2D eigenvalue weighted by molar-refractivity contribution is 5.14. The third kappa shape index (κ3) is 3.23. The van der Waals surface area contributed by atoms with E-state index >= 15 is 0 Å². The van der Waals surface area contributed by atoms with E-state index in [-0.39, 0.29) is 12.1 Å². The van der Waals surface area contributed by atoms with Crippen molar-refractivity contribution in [2.45, 2.75) is 37.8 Å². The van der Waals surface area contributed by atoms with Crippen molar-refractivity contribution in [3.8, 4) is 0 Å². The van der Waals surface area contributed by atoms with Crippen LogP contribution in [0.25, 0.3) is 0 Å². The topological polar surface area (TPSA) is 71.2 Å². The lowest BCUT2D eigenvalue weighted by Crippen LogP contribution is -2.15. The smallest absolute Gasteiger partial charge is 0.243 e. The number of aryl methyl sites for hydroxylation is 2. The van der Waals surface area contributed by atoms with E-state index in [0.717, 1.165) is 25.1 Å². The molecule has 1 aliphatic rings. The van der Waals surface area contributed by atoms with Crippen LogP contribution in [0.4, 0.5) is 0 Å². The van der Waals surface area contributed by atoms with Gasteiger partial charge in [-0.25, -0.2) is 0 Å². The molecule has 5 heteroatoms. The quantitative estimate of drug-likeness (QED) is 0.866. The molecule has 1 aromatic heterocycles. The average molecular weight is 273 g/mol. The minimum Gasteiger partial charge on any atom is -0.392 e. The molecule has 5 nitrogen and oxygen atoms in total. The van der Waals surface area contributed by atoms with Crippen LogP contribution in [0, 0.1) is 0 Å². The molecule has 0 aliphatic carbocycles. The molecule has 1 aliphatic heterocycles. The van der Waals surface area contributed by atoms with Crippen molar-refractivity contribution in [3.63, 3.8) is 0 Å². The summed E-state index contributed by atoms with van der Waals surface area (Å²) in [6.45, 7) is 0.594. The van der Waals surface area contributed by atoms with Gasteiger partial charge in [-0.3, -0.25) is 0 Å². The van der Waals surface area contributed by atoms with Crippen LogP contribution in [0.1, 0.15) is 36.2 Å². The second-order valence-corrected chi connectivity index (χ2v) is 5.24. The van der Waals surface area contributed by atoms with E-state index in [9.17, 15) is 5.11 Å². The van der Waals surface area contributed by atoms with E-state index in [4.69, 9.17) is 4.52 Å². The Hall–Kier alpha value is -1.72. The van der Waals surface area contributed by atoms with Gasteiger partial charge in [-0.2, -0.15) is 4.98 Å². The molecule has 20 heavy (non-hydrogen) atoms. The van der Waals surface area contributed by atoms with E-state index in [1.807, 2.05) is 6.07 Å². The molecule has 0 unspecified atom stereocenters. The van der Waals surface area contributed by atoms with Crippen molar-refractivity contribution in [1.29, 1.82) is 0 Å². The molecule has 3 rings (SSSR count). The van der Waals surface area contributed by atoms with Gasteiger partial charge in [0.15, 0.2) is 5.82 Å². The van der Waals surface area contributed by atoms with Gasteiger partial charge in [0, 0.05) is 13.0 Å². The lowest BCUT2D eigenvalue weighted by atomic mass is 10.1. The lowest BCUT2D eigenvalue weighted by molar-refractivity contribution is 0.191. The summed E-state index contributed by atoms with van der Waals surface area (Å²) in [5.41, 5.74) is 1.33. The predicted molar refractivity (Wildman–Crippen MR) is 74.1 cm³/mol. The van der Waals surface area contributed by atoms with Crippen LogP contribution in [-0.2, 0) is 12.8 Å². The first-order valence-electron chi connectivity index (χ1n) is 7.09. The lowest BCUT2D eigenvalue weighted by Gasteiger charge is -2.01. The van der Waals surface area contributed by atoms with Gasteiger partial charge in [-0.15, -0.1) is 0 Å². The van der Waals surface area contributed by atoms with E-state index in [1.165, 1.54) is 5.56 Å². The number of aliphatic hydroxyl groups is 1. The van der Waals surface area contributed by atoms with Crippen LogP contribution < -0.4 is 5.32 Å². The first kappa shape index (κ1) is 13.3. The maximum Gasteiger partial charge on any atom is 0.243 e. The summed E-state index contributed by atoms with van der Waals surface area (Å²) >= 11 is 0. The fourth-order valence-electron chi connectivity index (χ4n) is 2.51. The standard InChI is InChI=1S/C15H19N3O2/c19-12-9-13(16-10-12)15-17-14(18-20-15)8-4-7-11-5-2-1-3-6-11/h1-3,5-6,12-13,16,19H,4,7-10H2/t12-,13+/m1/s1. The van der Waals surface area contributed by atoms with E-state index in [0.29, 0.717) is 18.9 Å². The molecular formula is C15H19N3O2. The van der Waals surface area contributed by atoms with Crippen molar-refractivity contribution < 1.29 is 9.63 Å². The second-order valence-electron chi connectivity index (χ2n) is 5.24. The Morgan fingerprint density at radius 1 is 1.25 bits per heavy atom. The number of nitrogens with one attached hydrogen (secondary N) is 1. The Balaban J connectivity index is 1.50. The maximum atomic E-state index is 9.48. The number of rotatable bonds is 5. The third-order valence-corrected chi connectivity index (χ3v) is 3.60. The Morgan fingerprint density at radius 3 is 2.85 bits per heavy atom. The zero-order valence-corrected chi connectivity index (χ0v) is 11.3. The fraction of sp³-hybridized carbons (Fsp3) is 0.467. The van der Waals surface area contributed by atoms with Crippen molar-refractivity contribution in [2.24, 2.45) is 0 Å². The van der Waals surface area contributed by atoms with E-state index in [2.05, 4.69) is 39.7 Å². The van der Waals surface area contributed by atoms with Crippen LogP contribution in [-0.4, -0.2) is 27.9 Å². The number of benzene rings is 1. The highest BCUT2D eigenvalue weighted by Gasteiger charge is 2.27. The highest BCUT2D eigenvalue weighted by Crippen LogP contribution is 2.21.